The van der Waals surface area contributed by atoms with Crippen LogP contribution in [0.4, 0.5) is 0 Å². The number of ether oxygens (including phenoxy) is 1. The van der Waals surface area contributed by atoms with Gasteiger partial charge >= 0.3 is 0 Å². The van der Waals surface area contributed by atoms with Gasteiger partial charge in [-0.3, -0.25) is 14.6 Å². The van der Waals surface area contributed by atoms with E-state index >= 15 is 0 Å². The largest absolute Gasteiger partial charge is 0.380 e. The van der Waals surface area contributed by atoms with Gasteiger partial charge in [0.25, 0.3) is 0 Å². The van der Waals surface area contributed by atoms with Crippen LogP contribution in [0.2, 0.25) is 0 Å². The first-order chi connectivity index (χ1) is 9.72. The van der Waals surface area contributed by atoms with E-state index in [4.69, 9.17) is 4.74 Å². The van der Waals surface area contributed by atoms with Crippen LogP contribution in [0, 0.1) is 0 Å². The summed E-state index contributed by atoms with van der Waals surface area (Å²) in [5.74, 6) is 0.199. The first-order valence-electron chi connectivity index (χ1n) is 8.06. The lowest BCUT2D eigenvalue weighted by molar-refractivity contribution is -0.123. The summed E-state index contributed by atoms with van der Waals surface area (Å²) in [5, 5.41) is 3.07. The van der Waals surface area contributed by atoms with Gasteiger partial charge in [-0.25, -0.2) is 0 Å². The Hall–Kier alpha value is -0.650. The van der Waals surface area contributed by atoms with Crippen molar-refractivity contribution in [1.82, 2.24) is 15.1 Å². The molecule has 0 aromatic rings. The molecule has 1 saturated heterocycles. The number of amides is 1. The summed E-state index contributed by atoms with van der Waals surface area (Å²) >= 11 is 0. The van der Waals surface area contributed by atoms with Gasteiger partial charge in [0.05, 0.1) is 13.2 Å². The average Bonchev–Trinajstić information content (AvgIpc) is 3.24. The highest BCUT2D eigenvalue weighted by atomic mass is 16.5. The molecule has 116 valence electrons. The Bertz CT molecular complexity index is 307. The van der Waals surface area contributed by atoms with E-state index in [-0.39, 0.29) is 5.91 Å². The van der Waals surface area contributed by atoms with E-state index in [1.807, 2.05) is 6.92 Å². The third-order valence-corrected chi connectivity index (χ3v) is 4.20. The fourth-order valence-electron chi connectivity index (χ4n) is 2.81. The molecule has 0 aromatic heterocycles. The third-order valence-electron chi connectivity index (χ3n) is 4.20. The van der Waals surface area contributed by atoms with E-state index in [9.17, 15) is 4.79 Å². The van der Waals surface area contributed by atoms with Crippen LogP contribution in [-0.4, -0.2) is 73.7 Å². The molecule has 2 fully saturated rings. The van der Waals surface area contributed by atoms with Crippen LogP contribution in [0.1, 0.15) is 33.1 Å². The van der Waals surface area contributed by atoms with Gasteiger partial charge < -0.3 is 10.1 Å². The van der Waals surface area contributed by atoms with Crippen molar-refractivity contribution in [3.05, 3.63) is 0 Å². The Kier molecular flexibility index (Phi) is 6.26. The van der Waals surface area contributed by atoms with Gasteiger partial charge in [-0.15, -0.1) is 0 Å². The van der Waals surface area contributed by atoms with Gasteiger partial charge in [-0.2, -0.15) is 0 Å². The summed E-state index contributed by atoms with van der Waals surface area (Å²) in [6.45, 7) is 10.5. The van der Waals surface area contributed by atoms with Gasteiger partial charge in [0.15, 0.2) is 0 Å². The number of hydrogen-bond donors (Lipinski definition) is 1. The lowest BCUT2D eigenvalue weighted by Gasteiger charge is -2.40. The monoisotopic (exact) mass is 283 g/mol. The molecule has 0 radical (unpaired) electrons. The molecular weight excluding hydrogens is 254 g/mol. The van der Waals surface area contributed by atoms with Gasteiger partial charge in [0.2, 0.25) is 5.91 Å². The number of carbonyl (C=O) groups is 1. The summed E-state index contributed by atoms with van der Waals surface area (Å²) in [4.78, 5) is 16.7. The van der Waals surface area contributed by atoms with Crippen LogP contribution in [0.5, 0.6) is 0 Å². The smallest absolute Gasteiger partial charge is 0.234 e. The summed E-state index contributed by atoms with van der Waals surface area (Å²) in [6.07, 6.45) is 3.45. The molecular formula is C15H29N3O2. The third kappa shape index (κ3) is 5.04. The van der Waals surface area contributed by atoms with E-state index in [1.165, 1.54) is 0 Å². The quantitative estimate of drug-likeness (QED) is 0.666. The minimum absolute atomic E-state index is 0.199. The minimum atomic E-state index is 0.199. The highest BCUT2D eigenvalue weighted by Gasteiger charge is 2.28. The standard InChI is InChI=1S/C15H29N3O2/c1-3-14-11-17(12-15(19)16-13-5-6-13)7-8-18(14)9-10-20-4-2/h13-14H,3-12H2,1-2H3,(H,16,19)/t14-/m0/s1. The van der Waals surface area contributed by atoms with Crippen molar-refractivity contribution in [2.75, 3.05) is 45.9 Å². The molecule has 1 aliphatic carbocycles. The predicted molar refractivity (Wildman–Crippen MR) is 79.7 cm³/mol. The maximum atomic E-state index is 11.9. The molecule has 0 unspecified atom stereocenters. The van der Waals surface area contributed by atoms with E-state index < -0.39 is 0 Å². The Morgan fingerprint density at radius 2 is 2.10 bits per heavy atom. The molecule has 1 saturated carbocycles. The SMILES string of the molecule is CCOCCN1CCN(CC(=O)NC2CC2)C[C@@H]1CC. The first kappa shape index (κ1) is 15.7. The Labute approximate surface area is 122 Å². The molecule has 0 bridgehead atoms. The molecule has 0 aromatic carbocycles. The normalized spacial score (nSPS) is 24.8. The number of rotatable bonds is 8. The molecule has 5 heteroatoms. The summed E-state index contributed by atoms with van der Waals surface area (Å²) in [7, 11) is 0. The van der Waals surface area contributed by atoms with Crippen LogP contribution in [-0.2, 0) is 9.53 Å². The van der Waals surface area contributed by atoms with Crippen molar-refractivity contribution in [2.24, 2.45) is 0 Å². The van der Waals surface area contributed by atoms with Gasteiger partial charge in [-0.1, -0.05) is 6.92 Å². The summed E-state index contributed by atoms with van der Waals surface area (Å²) in [5.41, 5.74) is 0. The Morgan fingerprint density at radius 1 is 1.30 bits per heavy atom. The van der Waals surface area contributed by atoms with Crippen molar-refractivity contribution in [3.63, 3.8) is 0 Å². The number of piperazine rings is 1. The number of nitrogens with zero attached hydrogens (tertiary/aromatic N) is 2. The number of hydrogen-bond acceptors (Lipinski definition) is 4. The molecule has 1 heterocycles. The molecule has 2 rings (SSSR count). The Morgan fingerprint density at radius 3 is 2.75 bits per heavy atom. The fraction of sp³-hybridized carbons (Fsp3) is 0.933. The van der Waals surface area contributed by atoms with Crippen molar-refractivity contribution < 1.29 is 9.53 Å². The summed E-state index contributed by atoms with van der Waals surface area (Å²) in [6, 6.07) is 1.02. The molecule has 1 aliphatic heterocycles. The average molecular weight is 283 g/mol. The van der Waals surface area contributed by atoms with Gasteiger partial charge in [-0.05, 0) is 26.2 Å². The second kappa shape index (κ2) is 7.96. The molecule has 2 aliphatic rings. The summed E-state index contributed by atoms with van der Waals surface area (Å²) < 4.78 is 5.45. The number of carbonyl (C=O) groups excluding carboxylic acids is 1. The molecule has 1 amide bonds. The second-order valence-corrected chi connectivity index (χ2v) is 5.87. The van der Waals surface area contributed by atoms with E-state index in [2.05, 4.69) is 22.0 Å². The van der Waals surface area contributed by atoms with Crippen LogP contribution < -0.4 is 5.32 Å². The van der Waals surface area contributed by atoms with Crippen LogP contribution in [0.15, 0.2) is 0 Å². The highest BCUT2D eigenvalue weighted by molar-refractivity contribution is 5.78. The molecule has 1 N–H and O–H groups in total. The number of nitrogens with one attached hydrogen (secondary N) is 1. The van der Waals surface area contributed by atoms with Crippen LogP contribution in [0.25, 0.3) is 0 Å². The lowest BCUT2D eigenvalue weighted by Crippen LogP contribution is -2.55. The van der Waals surface area contributed by atoms with Crippen molar-refractivity contribution >= 4 is 5.91 Å². The van der Waals surface area contributed by atoms with Crippen molar-refractivity contribution in [2.45, 2.75) is 45.2 Å². The van der Waals surface area contributed by atoms with Crippen molar-refractivity contribution in [1.29, 1.82) is 0 Å². The predicted octanol–water partition coefficient (Wildman–Crippen LogP) is 0.698. The zero-order valence-electron chi connectivity index (χ0n) is 12.9. The van der Waals surface area contributed by atoms with Gasteiger partial charge in [0.1, 0.15) is 0 Å². The van der Waals surface area contributed by atoms with Crippen LogP contribution in [0.3, 0.4) is 0 Å². The minimum Gasteiger partial charge on any atom is -0.380 e. The molecule has 20 heavy (non-hydrogen) atoms. The van der Waals surface area contributed by atoms with Crippen LogP contribution >= 0.6 is 0 Å². The fourth-order valence-corrected chi connectivity index (χ4v) is 2.81. The van der Waals surface area contributed by atoms with E-state index in [0.717, 1.165) is 58.7 Å². The van der Waals surface area contributed by atoms with Gasteiger partial charge in [0, 0.05) is 44.9 Å². The zero-order valence-corrected chi connectivity index (χ0v) is 12.9. The van der Waals surface area contributed by atoms with E-state index in [0.29, 0.717) is 18.6 Å². The molecule has 1 atom stereocenters. The zero-order chi connectivity index (χ0) is 14.4. The maximum absolute atomic E-state index is 11.9. The molecule has 5 nitrogen and oxygen atoms in total. The van der Waals surface area contributed by atoms with E-state index in [1.54, 1.807) is 0 Å². The molecule has 0 spiro atoms. The first-order valence-corrected chi connectivity index (χ1v) is 8.06. The highest BCUT2D eigenvalue weighted by Crippen LogP contribution is 2.18. The Balaban J connectivity index is 1.71. The topological polar surface area (TPSA) is 44.8 Å². The van der Waals surface area contributed by atoms with Crippen molar-refractivity contribution in [3.8, 4) is 0 Å². The maximum Gasteiger partial charge on any atom is 0.234 e. The lowest BCUT2D eigenvalue weighted by atomic mass is 10.1. The second-order valence-electron chi connectivity index (χ2n) is 5.87.